The van der Waals surface area contributed by atoms with Gasteiger partial charge in [0.1, 0.15) is 11.6 Å². The summed E-state index contributed by atoms with van der Waals surface area (Å²) in [4.78, 5) is 39.6. The third kappa shape index (κ3) is 8.15. The highest BCUT2D eigenvalue weighted by atomic mass is 16.5. The predicted molar refractivity (Wildman–Crippen MR) is 158 cm³/mol. The van der Waals surface area contributed by atoms with Crippen molar-refractivity contribution in [3.05, 3.63) is 66.4 Å². The van der Waals surface area contributed by atoms with Crippen LogP contribution in [0.3, 0.4) is 0 Å². The van der Waals surface area contributed by atoms with Crippen LogP contribution < -0.4 is 20.3 Å². The maximum absolute atomic E-state index is 12.7. The molecule has 5 rings (SSSR count). The van der Waals surface area contributed by atoms with Crippen molar-refractivity contribution in [2.24, 2.45) is 0 Å². The number of ether oxygens (including phenoxy) is 2. The Morgan fingerprint density at radius 1 is 0.902 bits per heavy atom. The van der Waals surface area contributed by atoms with Gasteiger partial charge in [0.2, 0.25) is 5.95 Å². The van der Waals surface area contributed by atoms with E-state index in [0.29, 0.717) is 50.0 Å². The number of morpholine rings is 1. The Balaban J connectivity index is 1.06. The number of nitrogens with one attached hydrogen (secondary N) is 2. The highest BCUT2D eigenvalue weighted by Crippen LogP contribution is 2.21. The summed E-state index contributed by atoms with van der Waals surface area (Å²) in [6, 6.07) is 16.5. The van der Waals surface area contributed by atoms with Crippen LogP contribution >= 0.6 is 0 Å². The second kappa shape index (κ2) is 13.9. The quantitative estimate of drug-likeness (QED) is 0.282. The number of piperazine rings is 1. The van der Waals surface area contributed by atoms with Crippen molar-refractivity contribution in [1.82, 2.24) is 19.8 Å². The highest BCUT2D eigenvalue weighted by molar-refractivity contribution is 5.95. The number of ketones is 1. The molecule has 0 aliphatic carbocycles. The SMILES string of the molecule is CC(=O)c1ccc(NC(=O)N2CCN(c3ccnc(Nc4ccc(OCCCN5CCOCC5)cc4)n3)CC2)cc1. The number of anilines is 4. The van der Waals surface area contributed by atoms with E-state index in [9.17, 15) is 9.59 Å². The molecule has 0 saturated carbocycles. The molecule has 2 N–H and O–H groups in total. The largest absolute Gasteiger partial charge is 0.494 e. The number of Topliss-reactive ketones (excluding diaryl/α,β-unsaturated/α-hetero) is 1. The van der Waals surface area contributed by atoms with Crippen molar-refractivity contribution in [2.75, 3.05) is 81.2 Å². The molecule has 0 unspecified atom stereocenters. The highest BCUT2D eigenvalue weighted by Gasteiger charge is 2.22. The van der Waals surface area contributed by atoms with Crippen molar-refractivity contribution in [2.45, 2.75) is 13.3 Å². The fourth-order valence-electron chi connectivity index (χ4n) is 4.78. The molecule has 1 aromatic heterocycles. The minimum Gasteiger partial charge on any atom is -0.494 e. The molecule has 2 aliphatic heterocycles. The number of urea groups is 1. The number of amides is 2. The fraction of sp³-hybridized carbons (Fsp3) is 0.400. The minimum absolute atomic E-state index is 0.00391. The zero-order valence-corrected chi connectivity index (χ0v) is 23.4. The van der Waals surface area contributed by atoms with Gasteiger partial charge in [0.15, 0.2) is 5.78 Å². The van der Waals surface area contributed by atoms with Crippen LogP contribution in [0.1, 0.15) is 23.7 Å². The van der Waals surface area contributed by atoms with Crippen LogP contribution in [0.25, 0.3) is 0 Å². The molecule has 11 heteroatoms. The summed E-state index contributed by atoms with van der Waals surface area (Å²) in [5, 5.41) is 6.17. The molecule has 0 spiro atoms. The molecule has 3 heterocycles. The lowest BCUT2D eigenvalue weighted by atomic mass is 10.1. The van der Waals surface area contributed by atoms with E-state index in [1.165, 1.54) is 6.92 Å². The van der Waals surface area contributed by atoms with Gasteiger partial charge in [-0.25, -0.2) is 9.78 Å². The summed E-state index contributed by atoms with van der Waals surface area (Å²) in [7, 11) is 0. The maximum atomic E-state index is 12.7. The monoisotopic (exact) mass is 559 g/mol. The normalized spacial score (nSPS) is 15.8. The molecule has 2 aliphatic rings. The third-order valence-electron chi connectivity index (χ3n) is 7.18. The van der Waals surface area contributed by atoms with Gasteiger partial charge in [-0.2, -0.15) is 4.98 Å². The van der Waals surface area contributed by atoms with Gasteiger partial charge in [0, 0.05) is 68.9 Å². The molecular weight excluding hydrogens is 522 g/mol. The number of rotatable bonds is 10. The van der Waals surface area contributed by atoms with Crippen molar-refractivity contribution >= 4 is 35.0 Å². The molecule has 216 valence electrons. The summed E-state index contributed by atoms with van der Waals surface area (Å²) in [6.45, 7) is 9.30. The van der Waals surface area contributed by atoms with Crippen molar-refractivity contribution < 1.29 is 19.1 Å². The number of aromatic nitrogens is 2. The average molecular weight is 560 g/mol. The fourth-order valence-corrected chi connectivity index (χ4v) is 4.78. The summed E-state index contributed by atoms with van der Waals surface area (Å²) in [5.74, 6) is 2.15. The van der Waals surface area contributed by atoms with E-state index in [2.05, 4.69) is 25.4 Å². The van der Waals surface area contributed by atoms with Gasteiger partial charge >= 0.3 is 6.03 Å². The van der Waals surface area contributed by atoms with Gasteiger partial charge in [-0.1, -0.05) is 0 Å². The molecule has 2 fully saturated rings. The lowest BCUT2D eigenvalue weighted by molar-refractivity contribution is 0.0358. The standard InChI is InChI=1S/C30H37N7O4/c1-23(38)24-3-5-26(6-4-24)33-30(39)37-16-14-36(15-17-37)28-11-12-31-29(34-28)32-25-7-9-27(10-8-25)41-20-2-13-35-18-21-40-22-19-35/h3-12H,2,13-22H2,1H3,(H,33,39)(H,31,32,34). The summed E-state index contributed by atoms with van der Waals surface area (Å²) < 4.78 is 11.3. The number of carbonyl (C=O) groups is 2. The lowest BCUT2D eigenvalue weighted by Gasteiger charge is -2.35. The first-order valence-electron chi connectivity index (χ1n) is 14.1. The van der Waals surface area contributed by atoms with Gasteiger partial charge in [0.25, 0.3) is 0 Å². The molecule has 2 amide bonds. The van der Waals surface area contributed by atoms with Gasteiger partial charge in [-0.3, -0.25) is 9.69 Å². The second-order valence-electron chi connectivity index (χ2n) is 10.1. The first-order chi connectivity index (χ1) is 20.0. The third-order valence-corrected chi connectivity index (χ3v) is 7.18. The Hall–Kier alpha value is -4.22. The Morgan fingerprint density at radius 2 is 1.61 bits per heavy atom. The van der Waals surface area contributed by atoms with Crippen LogP contribution in [0, 0.1) is 0 Å². The lowest BCUT2D eigenvalue weighted by Crippen LogP contribution is -2.50. The van der Waals surface area contributed by atoms with Crippen LogP contribution in [0.2, 0.25) is 0 Å². The number of carbonyl (C=O) groups excluding carboxylic acids is 2. The van der Waals surface area contributed by atoms with E-state index in [0.717, 1.165) is 56.5 Å². The van der Waals surface area contributed by atoms with Crippen LogP contribution in [0.4, 0.5) is 27.9 Å². The molecule has 0 radical (unpaired) electrons. The summed E-state index contributed by atoms with van der Waals surface area (Å²) in [5.41, 5.74) is 2.16. The van der Waals surface area contributed by atoms with E-state index in [1.807, 2.05) is 30.3 Å². The maximum Gasteiger partial charge on any atom is 0.321 e. The predicted octanol–water partition coefficient (Wildman–Crippen LogP) is 3.88. The zero-order valence-electron chi connectivity index (χ0n) is 23.4. The molecule has 0 atom stereocenters. The Kier molecular flexibility index (Phi) is 9.61. The van der Waals surface area contributed by atoms with Crippen molar-refractivity contribution in [1.29, 1.82) is 0 Å². The zero-order chi connectivity index (χ0) is 28.4. The van der Waals surface area contributed by atoms with E-state index >= 15 is 0 Å². The van der Waals surface area contributed by atoms with Gasteiger partial charge < -0.3 is 29.9 Å². The Bertz CT molecular complexity index is 1290. The Labute approximate surface area is 240 Å². The molecular formula is C30H37N7O4. The van der Waals surface area contributed by atoms with Crippen LogP contribution in [0.15, 0.2) is 60.8 Å². The van der Waals surface area contributed by atoms with E-state index in [-0.39, 0.29) is 11.8 Å². The molecule has 3 aromatic rings. The molecule has 11 nitrogen and oxygen atoms in total. The number of hydrogen-bond donors (Lipinski definition) is 2. The van der Waals surface area contributed by atoms with Crippen LogP contribution in [-0.4, -0.2) is 97.2 Å². The average Bonchev–Trinajstić information content (AvgIpc) is 3.01. The Morgan fingerprint density at radius 3 is 2.32 bits per heavy atom. The summed E-state index contributed by atoms with van der Waals surface area (Å²) >= 11 is 0. The van der Waals surface area contributed by atoms with E-state index < -0.39 is 0 Å². The number of benzene rings is 2. The second-order valence-corrected chi connectivity index (χ2v) is 10.1. The smallest absolute Gasteiger partial charge is 0.321 e. The topological polar surface area (TPSA) is 112 Å². The van der Waals surface area contributed by atoms with Crippen molar-refractivity contribution in [3.63, 3.8) is 0 Å². The number of nitrogens with zero attached hydrogens (tertiary/aromatic N) is 5. The van der Waals surface area contributed by atoms with Crippen LogP contribution in [-0.2, 0) is 4.74 Å². The van der Waals surface area contributed by atoms with Gasteiger partial charge in [-0.15, -0.1) is 0 Å². The molecule has 0 bridgehead atoms. The molecule has 2 aromatic carbocycles. The first-order valence-corrected chi connectivity index (χ1v) is 14.1. The molecule has 2 saturated heterocycles. The van der Waals surface area contributed by atoms with Gasteiger partial charge in [0.05, 0.1) is 19.8 Å². The van der Waals surface area contributed by atoms with E-state index in [4.69, 9.17) is 14.5 Å². The molecule has 41 heavy (non-hydrogen) atoms. The summed E-state index contributed by atoms with van der Waals surface area (Å²) in [6.07, 6.45) is 2.72. The van der Waals surface area contributed by atoms with Crippen LogP contribution in [0.5, 0.6) is 5.75 Å². The van der Waals surface area contributed by atoms with Crippen molar-refractivity contribution in [3.8, 4) is 5.75 Å². The first kappa shape index (κ1) is 28.3. The van der Waals surface area contributed by atoms with Gasteiger partial charge in [-0.05, 0) is 67.9 Å². The van der Waals surface area contributed by atoms with E-state index in [1.54, 1.807) is 35.4 Å². The number of hydrogen-bond acceptors (Lipinski definition) is 9. The minimum atomic E-state index is -0.158.